The van der Waals surface area contributed by atoms with Crippen LogP contribution in [0, 0.1) is 5.41 Å². The maximum absolute atomic E-state index is 13.5. The number of halogens is 2. The van der Waals surface area contributed by atoms with Gasteiger partial charge in [0.05, 0.1) is 17.5 Å². The molecule has 0 spiro atoms. The molecule has 1 aromatic carbocycles. The van der Waals surface area contributed by atoms with Crippen LogP contribution in [0.4, 0.5) is 9.57 Å². The van der Waals surface area contributed by atoms with E-state index in [4.69, 9.17) is 17.0 Å². The monoisotopic (exact) mass is 475 g/mol. The summed E-state index contributed by atoms with van der Waals surface area (Å²) in [5.74, 6) is -0.329. The minimum absolute atomic E-state index is 0.0399. The summed E-state index contributed by atoms with van der Waals surface area (Å²) in [7, 11) is 3.65. The molecule has 4 N–H and O–H groups in total. The molecule has 1 saturated carbocycles. The molecule has 3 aromatic rings. The summed E-state index contributed by atoms with van der Waals surface area (Å²) in [6.07, 6.45) is 5.49. The van der Waals surface area contributed by atoms with Crippen LogP contribution >= 0.6 is 23.9 Å². The van der Waals surface area contributed by atoms with Gasteiger partial charge in [-0.15, -0.1) is 3.89 Å². The van der Waals surface area contributed by atoms with E-state index in [1.54, 1.807) is 25.2 Å². The van der Waals surface area contributed by atoms with E-state index in [9.17, 15) is 8.68 Å². The number of amides is 1. The lowest BCUT2D eigenvalue weighted by Gasteiger charge is -2.13. The van der Waals surface area contributed by atoms with Crippen molar-refractivity contribution in [2.45, 2.75) is 31.3 Å². The van der Waals surface area contributed by atoms with E-state index in [1.165, 1.54) is 12.4 Å². The average Bonchev–Trinajstić information content (AvgIpc) is 3.42. The molecule has 2 atom stereocenters. The van der Waals surface area contributed by atoms with E-state index in [0.717, 1.165) is 23.2 Å². The first kappa shape index (κ1) is 22.5. The molecule has 4 rings (SSSR count). The van der Waals surface area contributed by atoms with Gasteiger partial charge < -0.3 is 16.0 Å². The van der Waals surface area contributed by atoms with E-state index >= 15 is 0 Å². The molecule has 0 radical (unpaired) electrons. The number of rotatable bonds is 7. The smallest absolute Gasteiger partial charge is 0.255 e. The lowest BCUT2D eigenvalue weighted by Crippen LogP contribution is -2.34. The normalized spacial score (nSPS) is 18.1. The number of fused-ring (bicyclic) bond motifs is 1. The summed E-state index contributed by atoms with van der Waals surface area (Å²) in [5, 5.41) is 18.4. The van der Waals surface area contributed by atoms with Crippen LogP contribution in [0.3, 0.4) is 0 Å². The molecule has 1 fully saturated rings. The Kier molecular flexibility index (Phi) is 6.63. The third kappa shape index (κ3) is 4.30. The molecule has 8 nitrogen and oxygen atoms in total. The van der Waals surface area contributed by atoms with Gasteiger partial charge in [-0.1, -0.05) is 11.6 Å². The fraction of sp³-hybridized carbons (Fsp3) is 0.333. The van der Waals surface area contributed by atoms with Crippen molar-refractivity contribution in [3.63, 3.8) is 0 Å². The van der Waals surface area contributed by atoms with Crippen molar-refractivity contribution in [2.24, 2.45) is 0 Å². The number of hydrogen-bond acceptors (Lipinski definition) is 7. The maximum Gasteiger partial charge on any atom is 0.255 e. The molecule has 2 heterocycles. The van der Waals surface area contributed by atoms with Crippen molar-refractivity contribution in [3.8, 4) is 0 Å². The summed E-state index contributed by atoms with van der Waals surface area (Å²) < 4.78 is 14.7. The van der Waals surface area contributed by atoms with Crippen LogP contribution in [0.1, 0.15) is 40.9 Å². The molecular formula is C21H23ClFN7OS. The van der Waals surface area contributed by atoms with E-state index in [0.29, 0.717) is 22.3 Å². The third-order valence-electron chi connectivity index (χ3n) is 5.73. The van der Waals surface area contributed by atoms with E-state index < -0.39 is 0 Å². The molecule has 0 aliphatic heterocycles. The molecule has 2 unspecified atom stereocenters. The number of nitrogens with zero attached hydrogens (tertiary/aromatic N) is 3. The van der Waals surface area contributed by atoms with E-state index in [2.05, 4.69) is 25.9 Å². The highest BCUT2D eigenvalue weighted by atomic mass is 35.5. The number of aromatic nitrogens is 3. The fourth-order valence-corrected chi connectivity index (χ4v) is 4.54. The van der Waals surface area contributed by atoms with Crippen molar-refractivity contribution in [2.75, 3.05) is 19.4 Å². The first-order valence-corrected chi connectivity index (χ1v) is 11.2. The number of carbonyl (C=O) groups is 1. The predicted molar refractivity (Wildman–Crippen MR) is 127 cm³/mol. The van der Waals surface area contributed by atoms with Crippen molar-refractivity contribution in [1.82, 2.24) is 24.6 Å². The van der Waals surface area contributed by atoms with Crippen LogP contribution < -0.4 is 16.0 Å². The Morgan fingerprint density at radius 1 is 1.28 bits per heavy atom. The second-order valence-electron chi connectivity index (χ2n) is 7.65. The summed E-state index contributed by atoms with van der Waals surface area (Å²) in [5.41, 5.74) is 2.33. The highest BCUT2D eigenvalue weighted by Crippen LogP contribution is 2.27. The largest absolute Gasteiger partial charge is 0.388 e. The zero-order valence-corrected chi connectivity index (χ0v) is 19.1. The average molecular weight is 476 g/mol. The highest BCUT2D eigenvalue weighted by molar-refractivity contribution is 7.92. The molecule has 2 aromatic heterocycles. The van der Waals surface area contributed by atoms with Crippen molar-refractivity contribution >= 4 is 52.4 Å². The van der Waals surface area contributed by atoms with Crippen molar-refractivity contribution in [3.05, 3.63) is 52.4 Å². The van der Waals surface area contributed by atoms with Gasteiger partial charge in [0.2, 0.25) is 0 Å². The molecule has 1 aliphatic rings. The van der Waals surface area contributed by atoms with E-state index in [1.807, 2.05) is 7.05 Å². The van der Waals surface area contributed by atoms with Gasteiger partial charge in [-0.05, 0) is 44.5 Å². The molecule has 32 heavy (non-hydrogen) atoms. The second kappa shape index (κ2) is 9.43. The Bertz CT molecular complexity index is 1180. The number of anilines is 1. The SMILES string of the molecule is CNc1cc(Cl)ccc1C(=N)c1cnc2c(n1)c(C(=O)NC1CCC(NC)C1)cn2SF. The summed E-state index contributed by atoms with van der Waals surface area (Å²) in [6.45, 7) is 0. The van der Waals surface area contributed by atoms with Gasteiger partial charge in [0.1, 0.15) is 11.2 Å². The minimum Gasteiger partial charge on any atom is -0.388 e. The van der Waals surface area contributed by atoms with Gasteiger partial charge in [-0.3, -0.25) is 10.2 Å². The Balaban J connectivity index is 1.69. The third-order valence-corrected chi connectivity index (χ3v) is 6.40. The second-order valence-corrected chi connectivity index (χ2v) is 8.62. The lowest BCUT2D eigenvalue weighted by molar-refractivity contribution is 0.0939. The zero-order chi connectivity index (χ0) is 22.8. The van der Waals surface area contributed by atoms with Crippen LogP contribution in [-0.4, -0.2) is 51.7 Å². The van der Waals surface area contributed by atoms with Crippen LogP contribution in [0.15, 0.2) is 30.6 Å². The van der Waals surface area contributed by atoms with Gasteiger partial charge in [-0.25, -0.2) is 13.9 Å². The number of benzene rings is 1. The van der Waals surface area contributed by atoms with Crippen LogP contribution in [-0.2, 0) is 0 Å². The molecular weight excluding hydrogens is 453 g/mol. The minimum atomic E-state index is -0.329. The van der Waals surface area contributed by atoms with Crippen LogP contribution in [0.5, 0.6) is 0 Å². The molecule has 0 bridgehead atoms. The van der Waals surface area contributed by atoms with Gasteiger partial charge in [0.25, 0.3) is 5.91 Å². The molecule has 1 amide bonds. The maximum atomic E-state index is 13.5. The zero-order valence-electron chi connectivity index (χ0n) is 17.6. The van der Waals surface area contributed by atoms with Gasteiger partial charge in [0.15, 0.2) is 18.0 Å². The molecule has 11 heteroatoms. The van der Waals surface area contributed by atoms with Crippen molar-refractivity contribution < 1.29 is 8.68 Å². The van der Waals surface area contributed by atoms with Gasteiger partial charge in [0, 0.05) is 41.6 Å². The highest BCUT2D eigenvalue weighted by Gasteiger charge is 2.27. The molecule has 1 aliphatic carbocycles. The summed E-state index contributed by atoms with van der Waals surface area (Å²) >= 11 is 6.01. The van der Waals surface area contributed by atoms with Crippen LogP contribution in [0.25, 0.3) is 11.2 Å². The molecule has 0 saturated heterocycles. The van der Waals surface area contributed by atoms with E-state index in [-0.39, 0.29) is 52.4 Å². The Hall–Kier alpha value is -2.69. The predicted octanol–water partition coefficient (Wildman–Crippen LogP) is 3.79. The number of carbonyl (C=O) groups excluding carboxylic acids is 1. The number of hydrogen-bond donors (Lipinski definition) is 4. The molecule has 168 valence electrons. The topological polar surface area (TPSA) is 108 Å². The van der Waals surface area contributed by atoms with Crippen molar-refractivity contribution in [1.29, 1.82) is 5.41 Å². The Morgan fingerprint density at radius 3 is 2.75 bits per heavy atom. The first-order chi connectivity index (χ1) is 15.4. The Labute approximate surface area is 194 Å². The Morgan fingerprint density at radius 2 is 2.06 bits per heavy atom. The first-order valence-electron chi connectivity index (χ1n) is 10.2. The van der Waals surface area contributed by atoms with Gasteiger partial charge in [-0.2, -0.15) is 0 Å². The number of nitrogens with one attached hydrogen (secondary N) is 4. The summed E-state index contributed by atoms with van der Waals surface area (Å²) in [4.78, 5) is 21.8. The quantitative estimate of drug-likeness (QED) is 0.387. The van der Waals surface area contributed by atoms with Gasteiger partial charge >= 0.3 is 0 Å². The summed E-state index contributed by atoms with van der Waals surface area (Å²) in [6, 6.07) is 5.53. The lowest BCUT2D eigenvalue weighted by atomic mass is 10.1. The van der Waals surface area contributed by atoms with Crippen LogP contribution in [0.2, 0.25) is 5.02 Å². The fourth-order valence-electron chi connectivity index (χ4n) is 4.02. The standard InChI is InChI=1S/C21H23ClFN7OS/c1-25-12-4-5-13(8-12)28-21(31)15-10-30(32-23)20-19(15)29-17(9-27-20)18(24)14-6-3-11(22)7-16(14)26-2/h3,6-7,9-10,12-13,24-26H,4-5,8H2,1-2H3,(H,28,31).